The largest absolute Gasteiger partial charge is 0.493 e. The van der Waals surface area contributed by atoms with E-state index in [-0.39, 0.29) is 5.97 Å². The standard InChI is InChI=1S/C13H18O4/c1-10-5-6-11(13(14)16-3)12(9-10)17-8-4-7-15-2/h5-6,9H,4,7-8H2,1-3H3. The number of hydrogen-bond acceptors (Lipinski definition) is 4. The summed E-state index contributed by atoms with van der Waals surface area (Å²) < 4.78 is 15.2. The zero-order valence-electron chi connectivity index (χ0n) is 10.5. The number of rotatable bonds is 6. The van der Waals surface area contributed by atoms with Crippen LogP contribution in [0.1, 0.15) is 22.3 Å². The van der Waals surface area contributed by atoms with Crippen molar-refractivity contribution in [2.75, 3.05) is 27.4 Å². The average Bonchev–Trinajstić information content (AvgIpc) is 2.34. The van der Waals surface area contributed by atoms with E-state index in [0.717, 1.165) is 12.0 Å². The Morgan fingerprint density at radius 1 is 1.24 bits per heavy atom. The second-order valence-corrected chi connectivity index (χ2v) is 3.69. The lowest BCUT2D eigenvalue weighted by molar-refractivity contribution is 0.0595. The van der Waals surface area contributed by atoms with Crippen molar-refractivity contribution in [1.29, 1.82) is 0 Å². The van der Waals surface area contributed by atoms with Crippen molar-refractivity contribution >= 4 is 5.97 Å². The lowest BCUT2D eigenvalue weighted by atomic mass is 10.1. The van der Waals surface area contributed by atoms with Gasteiger partial charge in [0.2, 0.25) is 0 Å². The maximum Gasteiger partial charge on any atom is 0.341 e. The van der Waals surface area contributed by atoms with Gasteiger partial charge in [-0.1, -0.05) is 6.07 Å². The average molecular weight is 238 g/mol. The molecular weight excluding hydrogens is 220 g/mol. The number of ether oxygens (including phenoxy) is 3. The predicted octanol–water partition coefficient (Wildman–Crippen LogP) is 2.20. The van der Waals surface area contributed by atoms with Gasteiger partial charge in [0.15, 0.2) is 0 Å². The first-order valence-corrected chi connectivity index (χ1v) is 5.49. The molecule has 0 bridgehead atoms. The van der Waals surface area contributed by atoms with Crippen LogP contribution in [0.25, 0.3) is 0 Å². The zero-order chi connectivity index (χ0) is 12.7. The molecule has 4 nitrogen and oxygen atoms in total. The fourth-order valence-electron chi connectivity index (χ4n) is 1.41. The molecule has 0 N–H and O–H groups in total. The number of carbonyl (C=O) groups excluding carboxylic acids is 1. The minimum absolute atomic E-state index is 0.383. The van der Waals surface area contributed by atoms with Gasteiger partial charge in [-0.25, -0.2) is 4.79 Å². The minimum Gasteiger partial charge on any atom is -0.493 e. The van der Waals surface area contributed by atoms with E-state index in [1.54, 1.807) is 13.2 Å². The van der Waals surface area contributed by atoms with Crippen molar-refractivity contribution in [3.63, 3.8) is 0 Å². The second-order valence-electron chi connectivity index (χ2n) is 3.69. The number of esters is 1. The van der Waals surface area contributed by atoms with E-state index in [4.69, 9.17) is 14.2 Å². The Morgan fingerprint density at radius 3 is 2.65 bits per heavy atom. The summed E-state index contributed by atoms with van der Waals surface area (Å²) in [7, 11) is 3.00. The quantitative estimate of drug-likeness (QED) is 0.563. The summed E-state index contributed by atoms with van der Waals surface area (Å²) in [4.78, 5) is 11.5. The van der Waals surface area contributed by atoms with Crippen LogP contribution < -0.4 is 4.74 Å². The van der Waals surface area contributed by atoms with Crippen LogP contribution in [0.3, 0.4) is 0 Å². The van der Waals surface area contributed by atoms with Crippen LogP contribution in [0.5, 0.6) is 5.75 Å². The van der Waals surface area contributed by atoms with Crippen LogP contribution in [-0.2, 0) is 9.47 Å². The summed E-state index contributed by atoms with van der Waals surface area (Å²) in [5.41, 5.74) is 1.50. The van der Waals surface area contributed by atoms with Crippen molar-refractivity contribution in [3.05, 3.63) is 29.3 Å². The van der Waals surface area contributed by atoms with Gasteiger partial charge in [-0.2, -0.15) is 0 Å². The van der Waals surface area contributed by atoms with Gasteiger partial charge in [-0.05, 0) is 24.6 Å². The van der Waals surface area contributed by atoms with E-state index in [2.05, 4.69) is 0 Å². The van der Waals surface area contributed by atoms with Crippen molar-refractivity contribution in [1.82, 2.24) is 0 Å². The van der Waals surface area contributed by atoms with E-state index < -0.39 is 0 Å². The lowest BCUT2D eigenvalue weighted by Gasteiger charge is -2.10. The molecule has 0 saturated heterocycles. The van der Waals surface area contributed by atoms with Crippen LogP contribution in [0.15, 0.2) is 18.2 Å². The van der Waals surface area contributed by atoms with Crippen molar-refractivity contribution in [2.24, 2.45) is 0 Å². The van der Waals surface area contributed by atoms with Gasteiger partial charge in [0.1, 0.15) is 11.3 Å². The van der Waals surface area contributed by atoms with Crippen LogP contribution in [0, 0.1) is 6.92 Å². The highest BCUT2D eigenvalue weighted by Crippen LogP contribution is 2.21. The Hall–Kier alpha value is -1.55. The van der Waals surface area contributed by atoms with Gasteiger partial charge in [-0.15, -0.1) is 0 Å². The van der Waals surface area contributed by atoms with Gasteiger partial charge in [-0.3, -0.25) is 0 Å². The van der Waals surface area contributed by atoms with Gasteiger partial charge in [0.05, 0.1) is 13.7 Å². The van der Waals surface area contributed by atoms with Crippen molar-refractivity contribution < 1.29 is 19.0 Å². The van der Waals surface area contributed by atoms with Crippen LogP contribution >= 0.6 is 0 Å². The first-order chi connectivity index (χ1) is 8.19. The third kappa shape index (κ3) is 4.07. The van der Waals surface area contributed by atoms with Crippen LogP contribution in [-0.4, -0.2) is 33.4 Å². The third-order valence-electron chi connectivity index (χ3n) is 2.29. The molecule has 0 fully saturated rings. The molecule has 94 valence electrons. The molecule has 0 atom stereocenters. The summed E-state index contributed by atoms with van der Waals surface area (Å²) >= 11 is 0. The maximum absolute atomic E-state index is 11.5. The molecule has 17 heavy (non-hydrogen) atoms. The van der Waals surface area contributed by atoms with E-state index in [0.29, 0.717) is 24.5 Å². The zero-order valence-corrected chi connectivity index (χ0v) is 10.5. The van der Waals surface area contributed by atoms with Crippen LogP contribution in [0.2, 0.25) is 0 Å². The molecule has 0 aliphatic rings. The van der Waals surface area contributed by atoms with Crippen LogP contribution in [0.4, 0.5) is 0 Å². The van der Waals surface area contributed by atoms with Gasteiger partial charge in [0, 0.05) is 20.1 Å². The number of methoxy groups -OCH3 is 2. The third-order valence-corrected chi connectivity index (χ3v) is 2.29. The highest BCUT2D eigenvalue weighted by molar-refractivity contribution is 5.92. The monoisotopic (exact) mass is 238 g/mol. The molecule has 0 heterocycles. The molecular formula is C13H18O4. The summed E-state index contributed by atoms with van der Waals surface area (Å²) in [5, 5.41) is 0. The Kier molecular flexibility index (Phi) is 5.49. The topological polar surface area (TPSA) is 44.8 Å². The lowest BCUT2D eigenvalue weighted by Crippen LogP contribution is -2.08. The van der Waals surface area contributed by atoms with Gasteiger partial charge < -0.3 is 14.2 Å². The predicted molar refractivity (Wildman–Crippen MR) is 64.5 cm³/mol. The Balaban J connectivity index is 2.73. The summed E-state index contributed by atoms with van der Waals surface area (Å²) in [6.45, 7) is 3.10. The fourth-order valence-corrected chi connectivity index (χ4v) is 1.41. The molecule has 0 amide bonds. The molecule has 1 rings (SSSR count). The Labute approximate surface area is 101 Å². The van der Waals surface area contributed by atoms with Crippen molar-refractivity contribution in [2.45, 2.75) is 13.3 Å². The molecule has 0 aliphatic heterocycles. The molecule has 0 spiro atoms. The number of hydrogen-bond donors (Lipinski definition) is 0. The van der Waals surface area contributed by atoms with E-state index in [1.165, 1.54) is 7.11 Å². The molecule has 1 aromatic rings. The molecule has 0 aliphatic carbocycles. The summed E-state index contributed by atoms with van der Waals surface area (Å²) in [6, 6.07) is 5.40. The molecule has 0 aromatic heterocycles. The Bertz CT molecular complexity index is 374. The molecule has 4 heteroatoms. The first-order valence-electron chi connectivity index (χ1n) is 5.49. The van der Waals surface area contributed by atoms with E-state index in [9.17, 15) is 4.79 Å². The summed E-state index contributed by atoms with van der Waals surface area (Å²) in [6.07, 6.45) is 0.783. The highest BCUT2D eigenvalue weighted by atomic mass is 16.5. The molecule has 0 radical (unpaired) electrons. The van der Waals surface area contributed by atoms with Gasteiger partial charge >= 0.3 is 5.97 Å². The summed E-state index contributed by atoms with van der Waals surface area (Å²) in [5.74, 6) is 0.180. The van der Waals surface area contributed by atoms with E-state index >= 15 is 0 Å². The maximum atomic E-state index is 11.5. The smallest absolute Gasteiger partial charge is 0.341 e. The molecule has 0 saturated carbocycles. The highest BCUT2D eigenvalue weighted by Gasteiger charge is 2.12. The van der Waals surface area contributed by atoms with Gasteiger partial charge in [0.25, 0.3) is 0 Å². The SMILES string of the molecule is COCCCOc1cc(C)ccc1C(=O)OC. The molecule has 1 aromatic carbocycles. The number of aryl methyl sites for hydroxylation is 1. The first kappa shape index (κ1) is 13.5. The second kappa shape index (κ2) is 6.91. The normalized spacial score (nSPS) is 10.1. The van der Waals surface area contributed by atoms with Crippen molar-refractivity contribution in [3.8, 4) is 5.75 Å². The van der Waals surface area contributed by atoms with E-state index in [1.807, 2.05) is 19.1 Å². The molecule has 0 unspecified atom stereocenters. The Morgan fingerprint density at radius 2 is 2.00 bits per heavy atom. The fraction of sp³-hybridized carbons (Fsp3) is 0.462. The minimum atomic E-state index is -0.383. The number of benzene rings is 1. The number of carbonyl (C=O) groups is 1.